The van der Waals surface area contributed by atoms with Gasteiger partial charge < -0.3 is 4.90 Å². The molecule has 2 fully saturated rings. The van der Waals surface area contributed by atoms with E-state index in [1.807, 2.05) is 12.1 Å². The maximum atomic E-state index is 13.9. The van der Waals surface area contributed by atoms with Gasteiger partial charge in [-0.15, -0.1) is 0 Å². The molecular weight excluding hydrogens is 285 g/mol. The first-order valence-electron chi connectivity index (χ1n) is 9.65. The second-order valence-electron chi connectivity index (χ2n) is 7.82. The lowest BCUT2D eigenvalue weighted by molar-refractivity contribution is 0.0882. The van der Waals surface area contributed by atoms with E-state index >= 15 is 0 Å². The molecule has 1 saturated heterocycles. The molecule has 0 amide bonds. The third kappa shape index (κ3) is 3.63. The van der Waals surface area contributed by atoms with Crippen molar-refractivity contribution in [3.63, 3.8) is 0 Å². The van der Waals surface area contributed by atoms with Crippen molar-refractivity contribution in [3.8, 4) is 0 Å². The minimum Gasteiger partial charge on any atom is -0.300 e. The standard InChI is InChI=1S/C21H32FN/c1-3-11-21(20-16-18(22)10-9-17(20)2)12-14-23(15-13-21)19-7-5-4-6-8-19/h9-10,16,19H,3-8,11-15H2,1-2H3. The van der Waals surface area contributed by atoms with Gasteiger partial charge in [-0.2, -0.15) is 0 Å². The van der Waals surface area contributed by atoms with E-state index < -0.39 is 0 Å². The first-order chi connectivity index (χ1) is 11.1. The Balaban J connectivity index is 1.77. The van der Waals surface area contributed by atoms with Gasteiger partial charge in [-0.3, -0.25) is 0 Å². The summed E-state index contributed by atoms with van der Waals surface area (Å²) in [5, 5.41) is 0. The number of hydrogen-bond donors (Lipinski definition) is 0. The molecule has 1 aromatic rings. The first kappa shape index (κ1) is 17.0. The van der Waals surface area contributed by atoms with Crippen LogP contribution in [-0.2, 0) is 5.41 Å². The van der Waals surface area contributed by atoms with Gasteiger partial charge in [-0.05, 0) is 80.8 Å². The molecule has 1 nitrogen and oxygen atoms in total. The number of aryl methyl sites for hydroxylation is 1. The molecule has 0 unspecified atom stereocenters. The van der Waals surface area contributed by atoms with Gasteiger partial charge in [0.25, 0.3) is 0 Å². The zero-order valence-electron chi connectivity index (χ0n) is 14.9. The summed E-state index contributed by atoms with van der Waals surface area (Å²) in [4.78, 5) is 2.74. The molecule has 0 spiro atoms. The highest BCUT2D eigenvalue weighted by Crippen LogP contribution is 2.42. The fraction of sp³-hybridized carbons (Fsp3) is 0.714. The molecule has 1 aliphatic carbocycles. The van der Waals surface area contributed by atoms with E-state index in [9.17, 15) is 4.39 Å². The average Bonchev–Trinajstić information content (AvgIpc) is 2.59. The third-order valence-electron chi connectivity index (χ3n) is 6.35. The predicted molar refractivity (Wildman–Crippen MR) is 95.4 cm³/mol. The van der Waals surface area contributed by atoms with Crippen LogP contribution in [0, 0.1) is 12.7 Å². The van der Waals surface area contributed by atoms with Crippen LogP contribution in [0.3, 0.4) is 0 Å². The highest BCUT2D eigenvalue weighted by molar-refractivity contribution is 5.34. The van der Waals surface area contributed by atoms with Crippen LogP contribution in [0.5, 0.6) is 0 Å². The van der Waals surface area contributed by atoms with Gasteiger partial charge in [0.1, 0.15) is 5.82 Å². The van der Waals surface area contributed by atoms with Crippen LogP contribution >= 0.6 is 0 Å². The van der Waals surface area contributed by atoms with Crippen LogP contribution in [0.1, 0.15) is 75.8 Å². The van der Waals surface area contributed by atoms with E-state index in [1.165, 1.54) is 82.0 Å². The minimum absolute atomic E-state index is 0.0733. The molecule has 1 heterocycles. The molecule has 0 atom stereocenters. The van der Waals surface area contributed by atoms with Gasteiger partial charge in [0.15, 0.2) is 0 Å². The molecular formula is C21H32FN. The molecule has 0 radical (unpaired) electrons. The summed E-state index contributed by atoms with van der Waals surface area (Å²) in [6.07, 6.45) is 11.8. The molecule has 128 valence electrons. The molecule has 0 N–H and O–H groups in total. The molecule has 3 rings (SSSR count). The van der Waals surface area contributed by atoms with Gasteiger partial charge >= 0.3 is 0 Å². The molecule has 2 heteroatoms. The lowest BCUT2D eigenvalue weighted by atomic mass is 9.68. The highest BCUT2D eigenvalue weighted by Gasteiger charge is 2.38. The number of likely N-dealkylation sites (tertiary alicyclic amines) is 1. The molecule has 0 aromatic heterocycles. The number of piperidine rings is 1. The van der Waals surface area contributed by atoms with Crippen LogP contribution in [0.25, 0.3) is 0 Å². The Morgan fingerprint density at radius 3 is 2.48 bits per heavy atom. The van der Waals surface area contributed by atoms with Gasteiger partial charge in [0.05, 0.1) is 0 Å². The summed E-state index contributed by atoms with van der Waals surface area (Å²) < 4.78 is 13.9. The predicted octanol–water partition coefficient (Wildman–Crippen LogP) is 5.60. The Morgan fingerprint density at radius 1 is 1.13 bits per heavy atom. The average molecular weight is 317 g/mol. The Kier molecular flexibility index (Phi) is 5.41. The van der Waals surface area contributed by atoms with Crippen molar-refractivity contribution >= 4 is 0 Å². The van der Waals surface area contributed by atoms with Crippen molar-refractivity contribution in [2.45, 2.75) is 83.1 Å². The molecule has 0 bridgehead atoms. The summed E-state index contributed by atoms with van der Waals surface area (Å²) in [6, 6.07) is 6.21. The Labute approximate surface area is 141 Å². The summed E-state index contributed by atoms with van der Waals surface area (Å²) >= 11 is 0. The molecule has 1 aliphatic heterocycles. The largest absolute Gasteiger partial charge is 0.300 e. The first-order valence-corrected chi connectivity index (χ1v) is 9.65. The van der Waals surface area contributed by atoms with E-state index in [4.69, 9.17) is 0 Å². The van der Waals surface area contributed by atoms with Crippen molar-refractivity contribution in [3.05, 3.63) is 35.1 Å². The second kappa shape index (κ2) is 7.34. The van der Waals surface area contributed by atoms with Crippen molar-refractivity contribution in [2.24, 2.45) is 0 Å². The van der Waals surface area contributed by atoms with Gasteiger partial charge in [-0.1, -0.05) is 38.7 Å². The number of nitrogens with zero attached hydrogens (tertiary/aromatic N) is 1. The number of rotatable bonds is 4. The van der Waals surface area contributed by atoms with E-state index in [1.54, 1.807) is 6.07 Å². The molecule has 1 saturated carbocycles. The SMILES string of the molecule is CCCC1(c2cc(F)ccc2C)CCN(C2CCCCC2)CC1. The van der Waals surface area contributed by atoms with Crippen LogP contribution in [-0.4, -0.2) is 24.0 Å². The lowest BCUT2D eigenvalue weighted by Gasteiger charge is -2.46. The molecule has 23 heavy (non-hydrogen) atoms. The number of benzene rings is 1. The minimum atomic E-state index is -0.0733. The zero-order chi connectivity index (χ0) is 16.3. The van der Waals surface area contributed by atoms with Gasteiger partial charge in [-0.25, -0.2) is 4.39 Å². The van der Waals surface area contributed by atoms with Crippen LogP contribution in [0.4, 0.5) is 4.39 Å². The highest BCUT2D eigenvalue weighted by atomic mass is 19.1. The van der Waals surface area contributed by atoms with Crippen molar-refractivity contribution in [1.29, 1.82) is 0 Å². The zero-order valence-corrected chi connectivity index (χ0v) is 14.9. The van der Waals surface area contributed by atoms with E-state index in [-0.39, 0.29) is 11.2 Å². The van der Waals surface area contributed by atoms with Crippen molar-refractivity contribution in [1.82, 2.24) is 4.90 Å². The maximum Gasteiger partial charge on any atom is 0.123 e. The normalized spacial score (nSPS) is 23.1. The van der Waals surface area contributed by atoms with Crippen LogP contribution in [0.2, 0.25) is 0 Å². The fourth-order valence-electron chi connectivity index (χ4n) is 5.06. The number of hydrogen-bond acceptors (Lipinski definition) is 1. The second-order valence-corrected chi connectivity index (χ2v) is 7.82. The van der Waals surface area contributed by atoms with Gasteiger partial charge in [0.2, 0.25) is 0 Å². The Bertz CT molecular complexity index is 511. The maximum absolute atomic E-state index is 13.9. The summed E-state index contributed by atoms with van der Waals surface area (Å²) in [6.45, 7) is 6.81. The Hall–Kier alpha value is -0.890. The summed E-state index contributed by atoms with van der Waals surface area (Å²) in [5.41, 5.74) is 2.75. The topological polar surface area (TPSA) is 3.24 Å². The number of halogens is 1. The Morgan fingerprint density at radius 2 is 1.83 bits per heavy atom. The van der Waals surface area contributed by atoms with Crippen LogP contribution in [0.15, 0.2) is 18.2 Å². The lowest BCUT2D eigenvalue weighted by Crippen LogP contribution is -2.47. The smallest absolute Gasteiger partial charge is 0.123 e. The van der Waals surface area contributed by atoms with Crippen LogP contribution < -0.4 is 0 Å². The van der Waals surface area contributed by atoms with E-state index in [0.29, 0.717) is 0 Å². The summed E-state index contributed by atoms with van der Waals surface area (Å²) in [7, 11) is 0. The van der Waals surface area contributed by atoms with E-state index in [2.05, 4.69) is 18.7 Å². The van der Waals surface area contributed by atoms with Gasteiger partial charge in [0, 0.05) is 6.04 Å². The van der Waals surface area contributed by atoms with Crippen molar-refractivity contribution < 1.29 is 4.39 Å². The summed E-state index contributed by atoms with van der Waals surface area (Å²) in [5.74, 6) is -0.0733. The quantitative estimate of drug-likeness (QED) is 0.698. The fourth-order valence-corrected chi connectivity index (χ4v) is 5.06. The molecule has 2 aliphatic rings. The van der Waals surface area contributed by atoms with Crippen molar-refractivity contribution in [2.75, 3.05) is 13.1 Å². The third-order valence-corrected chi connectivity index (χ3v) is 6.35. The monoisotopic (exact) mass is 317 g/mol. The van der Waals surface area contributed by atoms with E-state index in [0.717, 1.165) is 6.04 Å². The molecule has 1 aromatic carbocycles.